The predicted molar refractivity (Wildman–Crippen MR) is 388 cm³/mol. The maximum Gasteiger partial charge on any atom is 0.243 e. The number of carbonyl (C=O) groups excluding carboxylic acids is 12. The van der Waals surface area contributed by atoms with Crippen molar-refractivity contribution in [3.63, 3.8) is 0 Å². The molecule has 12 amide bonds. The van der Waals surface area contributed by atoms with Crippen molar-refractivity contribution in [2.75, 3.05) is 37.4 Å². The number of H-pyrrole nitrogens is 2. The summed E-state index contributed by atoms with van der Waals surface area (Å²) in [6, 6.07) is 28.5. The van der Waals surface area contributed by atoms with Crippen molar-refractivity contribution in [3.8, 4) is 0 Å². The molecule has 0 saturated carbocycles. The lowest BCUT2D eigenvalue weighted by molar-refractivity contribution is -0.135. The topological polar surface area (TPSA) is 422 Å². The van der Waals surface area contributed by atoms with Crippen LogP contribution in [0.2, 0.25) is 0 Å². The number of benzene rings is 4. The lowest BCUT2D eigenvalue weighted by Crippen LogP contribution is -2.59. The van der Waals surface area contributed by atoms with Gasteiger partial charge >= 0.3 is 0 Å². The molecule has 0 spiro atoms. The van der Waals surface area contributed by atoms with Gasteiger partial charge in [-0.05, 0) is 91.2 Å². The first-order valence-electron chi connectivity index (χ1n) is 33.7. The van der Waals surface area contributed by atoms with Crippen molar-refractivity contribution in [1.29, 1.82) is 0 Å². The fourth-order valence-electron chi connectivity index (χ4n) is 11.2. The van der Waals surface area contributed by atoms with Gasteiger partial charge in [-0.2, -0.15) is 11.8 Å². The Morgan fingerprint density at radius 3 is 1.67 bits per heavy atom. The number of fused-ring (bicyclic) bond motifs is 1. The average molecular weight is 1430 g/mol. The van der Waals surface area contributed by atoms with Gasteiger partial charge in [0, 0.05) is 74.2 Å². The summed E-state index contributed by atoms with van der Waals surface area (Å²) in [5.41, 5.74) is 15.9. The normalized spacial score (nSPS) is 13.4. The van der Waals surface area contributed by atoms with Gasteiger partial charge in [-0.15, -0.1) is 11.8 Å². The Labute approximate surface area is 596 Å². The van der Waals surface area contributed by atoms with E-state index in [1.54, 1.807) is 26.1 Å². The Balaban J connectivity index is 1.01. The Bertz CT molecular complexity index is 3630. The molecule has 6 rings (SSSR count). The van der Waals surface area contributed by atoms with Crippen LogP contribution in [0.15, 0.2) is 134 Å². The highest BCUT2D eigenvalue weighted by molar-refractivity contribution is 8.01. The number of aromatic nitrogens is 3. The highest BCUT2D eigenvalue weighted by Crippen LogP contribution is 2.48. The standard InChI is InChI=1S/C72H95N15O12S2/c1-44(2)36-56(69(97)84-54(65(74)93)32-35-100-6)85-70(98)58(38-51-40-75-43-80-51)83-62(91)41-79-71(99)64(45(3)4)87-66(94)46(5)81-68(96)57(37-47-39-78-53-27-17-16-26-52(47)53)86-67(95)55(29-30-59(73)88)82-61(90)28-18-19-33-76-60(89)31-34-77-63(92)42-101-72(48-20-10-7-11-21-48,49-22-12-8-13-23-49)50-24-14-9-15-25-50/h7-17,20-27,39-40,43-46,54-58,64,78H,18-19,28-38,41-42H2,1-6H3,(H2,73,88)(H2,74,93)(H,75,80)(H,76,89)(H,77,92)(H,79,99)(H,81,96)(H,82,90)(H,83,91)(H,84,97)(H,85,98)(H,86,95)(H,87,94)/t46-,54-,55-,56-,57-,58-,64-/m0/s1. The smallest absolute Gasteiger partial charge is 0.243 e. The summed E-state index contributed by atoms with van der Waals surface area (Å²) in [6.07, 6.45) is 6.62. The van der Waals surface area contributed by atoms with E-state index >= 15 is 0 Å². The second kappa shape index (κ2) is 40.9. The van der Waals surface area contributed by atoms with Crippen molar-refractivity contribution in [2.24, 2.45) is 23.3 Å². The number of amides is 12. The first-order chi connectivity index (χ1) is 48.4. The fourth-order valence-corrected chi connectivity index (χ4v) is 13.0. The molecular weight excluding hydrogens is 1330 g/mol. The average Bonchev–Trinajstić information content (AvgIpc) is 1.42. The number of unbranched alkanes of at least 4 members (excludes halogenated alkanes) is 1. The zero-order valence-electron chi connectivity index (χ0n) is 57.8. The molecule has 0 unspecified atom stereocenters. The summed E-state index contributed by atoms with van der Waals surface area (Å²) in [5, 5.41) is 27.5. The Hall–Kier alpha value is -10.0. The van der Waals surface area contributed by atoms with Gasteiger partial charge in [0.1, 0.15) is 42.3 Å². The number of imidazole rings is 1. The molecule has 29 heteroatoms. The van der Waals surface area contributed by atoms with Crippen molar-refractivity contribution >= 4 is 105 Å². The van der Waals surface area contributed by atoms with Crippen LogP contribution in [0.3, 0.4) is 0 Å². The van der Waals surface area contributed by atoms with Gasteiger partial charge in [-0.25, -0.2) is 4.98 Å². The monoisotopic (exact) mass is 1430 g/mol. The Morgan fingerprint density at radius 1 is 0.515 bits per heavy atom. The second-order valence-corrected chi connectivity index (χ2v) is 27.4. The van der Waals surface area contributed by atoms with Gasteiger partial charge in [-0.3, -0.25) is 57.5 Å². The van der Waals surface area contributed by atoms with E-state index in [0.29, 0.717) is 23.4 Å². The number of carbonyl (C=O) groups is 12. The molecule has 542 valence electrons. The van der Waals surface area contributed by atoms with E-state index in [4.69, 9.17) is 11.5 Å². The largest absolute Gasteiger partial charge is 0.370 e. The number of hydrogen-bond donors (Lipinski definition) is 14. The molecule has 0 aliphatic heterocycles. The number of thioether (sulfide) groups is 2. The van der Waals surface area contributed by atoms with Crippen molar-refractivity contribution in [2.45, 2.75) is 146 Å². The van der Waals surface area contributed by atoms with Gasteiger partial charge in [-0.1, -0.05) is 137 Å². The maximum atomic E-state index is 14.4. The fraction of sp³-hybridized carbons (Fsp3) is 0.431. The highest BCUT2D eigenvalue weighted by Gasteiger charge is 2.38. The highest BCUT2D eigenvalue weighted by atomic mass is 32.2. The molecule has 0 aliphatic carbocycles. The summed E-state index contributed by atoms with van der Waals surface area (Å²) in [6.45, 7) is 7.97. The van der Waals surface area contributed by atoms with Crippen LogP contribution in [-0.2, 0) is 75.1 Å². The number of para-hydroxylation sites is 1. The summed E-state index contributed by atoms with van der Waals surface area (Å²) >= 11 is 2.95. The van der Waals surface area contributed by atoms with Gasteiger partial charge < -0.3 is 74.6 Å². The van der Waals surface area contributed by atoms with Crippen LogP contribution in [0, 0.1) is 11.8 Å². The zero-order valence-corrected chi connectivity index (χ0v) is 59.5. The van der Waals surface area contributed by atoms with Crippen molar-refractivity contribution in [1.82, 2.24) is 68.1 Å². The lowest BCUT2D eigenvalue weighted by atomic mass is 9.84. The maximum absolute atomic E-state index is 14.4. The first-order valence-corrected chi connectivity index (χ1v) is 36.1. The number of rotatable bonds is 43. The first kappa shape index (κ1) is 80.0. The molecule has 0 fully saturated rings. The van der Waals surface area contributed by atoms with Crippen molar-refractivity contribution in [3.05, 3.63) is 162 Å². The summed E-state index contributed by atoms with van der Waals surface area (Å²) in [7, 11) is 0. The van der Waals surface area contributed by atoms with E-state index in [2.05, 4.69) is 68.1 Å². The number of nitrogens with zero attached hydrogens (tertiary/aromatic N) is 1. The minimum atomic E-state index is -1.39. The van der Waals surface area contributed by atoms with Crippen LogP contribution in [-0.4, -0.2) is 166 Å². The molecule has 0 radical (unpaired) electrons. The molecule has 0 bridgehead atoms. The minimum Gasteiger partial charge on any atom is -0.370 e. The molecule has 0 saturated heterocycles. The molecule has 16 N–H and O–H groups in total. The second-order valence-electron chi connectivity index (χ2n) is 25.2. The van der Waals surface area contributed by atoms with E-state index in [9.17, 15) is 57.5 Å². The Kier molecular flexibility index (Phi) is 32.4. The molecular formula is C72H95N15O12S2. The quantitative estimate of drug-likeness (QED) is 0.0193. The van der Waals surface area contributed by atoms with E-state index in [0.717, 1.165) is 27.6 Å². The lowest BCUT2D eigenvalue weighted by Gasteiger charge is -2.35. The van der Waals surface area contributed by atoms with Gasteiger partial charge in [0.25, 0.3) is 0 Å². The van der Waals surface area contributed by atoms with Gasteiger partial charge in [0.15, 0.2) is 0 Å². The number of primary amides is 2. The summed E-state index contributed by atoms with van der Waals surface area (Å²) in [4.78, 5) is 171. The van der Waals surface area contributed by atoms with E-state index in [1.165, 1.54) is 43.0 Å². The molecule has 4 aromatic carbocycles. The molecule has 6 aromatic rings. The van der Waals surface area contributed by atoms with Crippen LogP contribution in [0.4, 0.5) is 0 Å². The third kappa shape index (κ3) is 25.6. The predicted octanol–water partition coefficient (Wildman–Crippen LogP) is 2.93. The van der Waals surface area contributed by atoms with Crippen LogP contribution in [0.5, 0.6) is 0 Å². The third-order valence-corrected chi connectivity index (χ3v) is 18.7. The van der Waals surface area contributed by atoms with Crippen LogP contribution in [0.1, 0.15) is 114 Å². The molecule has 101 heavy (non-hydrogen) atoms. The molecule has 2 heterocycles. The third-order valence-electron chi connectivity index (χ3n) is 16.5. The summed E-state index contributed by atoms with van der Waals surface area (Å²) < 4.78 is -0.698. The molecule has 27 nitrogen and oxygen atoms in total. The molecule has 7 atom stereocenters. The number of aromatic amines is 2. The SMILES string of the molecule is CSCC[C@H](NC(=O)[C@H](CC(C)C)NC(=O)[C@H](Cc1cnc[nH]1)NC(=O)CNC(=O)[C@@H](NC(=O)[C@H](C)NC(=O)[C@H](Cc1c[nH]c2ccccc12)NC(=O)[C@H](CCC(N)=O)NC(=O)CCCCNC(=O)CCNC(=O)CSC(c1ccccc1)(c1ccccc1)c1ccccc1)C(C)C)C(N)=O. The Morgan fingerprint density at radius 2 is 1.08 bits per heavy atom. The van der Waals surface area contributed by atoms with E-state index < -0.39 is 119 Å². The molecule has 2 aromatic heterocycles. The van der Waals surface area contributed by atoms with Gasteiger partial charge in [0.2, 0.25) is 70.9 Å². The number of nitrogens with one attached hydrogen (secondary N) is 12. The van der Waals surface area contributed by atoms with E-state index in [1.807, 2.05) is 129 Å². The number of hydrogen-bond acceptors (Lipinski definition) is 15. The van der Waals surface area contributed by atoms with Crippen LogP contribution < -0.4 is 64.6 Å². The zero-order chi connectivity index (χ0) is 73.4. The van der Waals surface area contributed by atoms with Gasteiger partial charge in [0.05, 0.1) is 23.4 Å². The van der Waals surface area contributed by atoms with Crippen LogP contribution in [0.25, 0.3) is 10.9 Å². The minimum absolute atomic E-state index is 0.0120. The van der Waals surface area contributed by atoms with E-state index in [-0.39, 0.29) is 94.4 Å². The number of nitrogens with two attached hydrogens (primary N) is 2. The van der Waals surface area contributed by atoms with Crippen molar-refractivity contribution < 1.29 is 57.5 Å². The summed E-state index contributed by atoms with van der Waals surface area (Å²) in [5.74, 6) is -8.07. The molecule has 0 aliphatic rings. The van der Waals surface area contributed by atoms with Crippen LogP contribution >= 0.6 is 23.5 Å².